The lowest BCUT2D eigenvalue weighted by Crippen LogP contribution is -2.30. The van der Waals surface area contributed by atoms with Gasteiger partial charge in [-0.2, -0.15) is 13.2 Å². The van der Waals surface area contributed by atoms with E-state index in [-0.39, 0.29) is 11.7 Å². The Morgan fingerprint density at radius 3 is 2.49 bits per heavy atom. The molecule has 7 rings (SSSR count). The van der Waals surface area contributed by atoms with Gasteiger partial charge in [0.15, 0.2) is 5.13 Å². The number of nitrogens with two attached hydrogens (primary N) is 1. The van der Waals surface area contributed by atoms with Gasteiger partial charge in [-0.1, -0.05) is 19.3 Å². The van der Waals surface area contributed by atoms with Crippen LogP contribution in [0.15, 0.2) is 71.0 Å². The van der Waals surface area contributed by atoms with Crippen LogP contribution in [-0.4, -0.2) is 47.4 Å². The number of thiazole rings is 1. The number of nitrogens with one attached hydrogen (secondary N) is 1. The number of alkyl halides is 3. The van der Waals surface area contributed by atoms with Crippen molar-refractivity contribution in [3.05, 3.63) is 83.4 Å². The number of nitrogens with zero attached hydrogens (tertiary/aromatic N) is 4. The first kappa shape index (κ1) is 33.6. The maximum absolute atomic E-state index is 13.8. The number of furan rings is 1. The third-order valence-corrected chi connectivity index (χ3v) is 9.29. The van der Waals surface area contributed by atoms with E-state index in [2.05, 4.69) is 14.9 Å². The second kappa shape index (κ2) is 13.7. The Kier molecular flexibility index (Phi) is 9.37. The number of carboxylic acids is 1. The number of phenolic OH excluding ortho intramolecular Hbond substituents is 1. The first-order valence-corrected chi connectivity index (χ1v) is 16.4. The van der Waals surface area contributed by atoms with E-state index in [1.165, 1.54) is 30.6 Å². The summed E-state index contributed by atoms with van der Waals surface area (Å²) in [7, 11) is 1.97. The first-order valence-electron chi connectivity index (χ1n) is 15.5. The molecule has 256 valence electrons. The first-order chi connectivity index (χ1) is 23.4. The monoisotopic (exact) mass is 694 g/mol. The van der Waals surface area contributed by atoms with Crippen molar-refractivity contribution in [3.8, 4) is 17.1 Å². The molecule has 5 N–H and O–H groups in total. The standard InChI is InChI=1S/C32H32N6O3S.C2HF3O2/c1-37-16-21(24-15-23(39)8-10-28(24)37)14-25(27-18-42-32(33)36-27)35-31(40)19-7-9-29-26(13-19)34-30(20-11-12-41-17-20)38(29)22-5-3-2-4-6-22;3-2(4,5)1(6)7/h7-13,15-18,22,25,39H,2-6,14H2,1H3,(H2,33,36)(H,35,40);(H,6,7)/t25-;/m0./s1. The quantitative estimate of drug-likeness (QED) is 0.135. The van der Waals surface area contributed by atoms with Gasteiger partial charge in [-0.05, 0) is 60.9 Å². The van der Waals surface area contributed by atoms with Crippen LogP contribution in [0.4, 0.5) is 18.3 Å². The number of nitrogen functional groups attached to an aromatic ring is 1. The Labute approximate surface area is 281 Å². The SMILES string of the molecule is Cn1cc(C[C@H](NC(=O)c2ccc3c(c2)nc(-c2ccoc2)n3C2CCCCC2)c2csc(N)n2)c2cc(O)ccc21.O=C(O)C(F)(F)F. The minimum Gasteiger partial charge on any atom is -0.508 e. The van der Waals surface area contributed by atoms with E-state index < -0.39 is 18.2 Å². The molecule has 0 saturated heterocycles. The maximum Gasteiger partial charge on any atom is 0.490 e. The summed E-state index contributed by atoms with van der Waals surface area (Å²) in [6, 6.07) is 13.0. The smallest absolute Gasteiger partial charge is 0.490 e. The number of amides is 1. The summed E-state index contributed by atoms with van der Waals surface area (Å²) in [5.41, 5.74) is 11.9. The lowest BCUT2D eigenvalue weighted by Gasteiger charge is -2.25. The molecule has 49 heavy (non-hydrogen) atoms. The van der Waals surface area contributed by atoms with Gasteiger partial charge in [-0.15, -0.1) is 11.3 Å². The average molecular weight is 695 g/mol. The van der Waals surface area contributed by atoms with Crippen LogP contribution in [-0.2, 0) is 18.3 Å². The molecule has 0 spiro atoms. The van der Waals surface area contributed by atoms with Gasteiger partial charge < -0.3 is 34.8 Å². The van der Waals surface area contributed by atoms with Crippen LogP contribution in [0.3, 0.4) is 0 Å². The zero-order valence-corrected chi connectivity index (χ0v) is 27.1. The minimum atomic E-state index is -5.08. The van der Waals surface area contributed by atoms with E-state index in [1.807, 2.05) is 53.5 Å². The largest absolute Gasteiger partial charge is 0.508 e. The number of carbonyl (C=O) groups excluding carboxylic acids is 1. The molecule has 0 aliphatic heterocycles. The van der Waals surface area contributed by atoms with Gasteiger partial charge in [0, 0.05) is 47.6 Å². The van der Waals surface area contributed by atoms with Gasteiger partial charge in [0.05, 0.1) is 34.6 Å². The lowest BCUT2D eigenvalue weighted by atomic mass is 9.95. The summed E-state index contributed by atoms with van der Waals surface area (Å²) < 4.78 is 41.5. The Morgan fingerprint density at radius 1 is 1.10 bits per heavy atom. The number of aromatic hydroxyl groups is 1. The third kappa shape index (κ3) is 7.26. The number of phenols is 1. The average Bonchev–Trinajstić information content (AvgIpc) is 3.87. The predicted molar refractivity (Wildman–Crippen MR) is 178 cm³/mol. The molecule has 4 aromatic heterocycles. The zero-order chi connectivity index (χ0) is 34.9. The molecule has 2 aromatic carbocycles. The molecule has 15 heteroatoms. The molecule has 1 aliphatic rings. The van der Waals surface area contributed by atoms with Gasteiger partial charge in [0.25, 0.3) is 5.91 Å². The zero-order valence-electron chi connectivity index (χ0n) is 26.3. The Balaban J connectivity index is 0.000000540. The number of halogens is 3. The molecular formula is C34H33F3N6O5S. The Bertz CT molecular complexity index is 2110. The van der Waals surface area contributed by atoms with Crippen molar-refractivity contribution in [2.75, 3.05) is 5.73 Å². The molecule has 0 bridgehead atoms. The topological polar surface area (TPSA) is 161 Å². The van der Waals surface area contributed by atoms with E-state index in [0.29, 0.717) is 28.9 Å². The number of carbonyl (C=O) groups is 2. The number of aromatic nitrogens is 4. The number of aryl methyl sites for hydroxylation is 1. The van der Waals surface area contributed by atoms with Crippen molar-refractivity contribution in [3.63, 3.8) is 0 Å². The maximum atomic E-state index is 13.8. The van der Waals surface area contributed by atoms with Crippen molar-refractivity contribution >= 4 is 50.3 Å². The number of benzene rings is 2. The molecular weight excluding hydrogens is 661 g/mol. The molecule has 6 aromatic rings. The molecule has 1 amide bonds. The number of anilines is 1. The normalized spacial score (nSPS) is 14.4. The van der Waals surface area contributed by atoms with E-state index in [4.69, 9.17) is 25.0 Å². The van der Waals surface area contributed by atoms with Gasteiger partial charge in [0.1, 0.15) is 17.8 Å². The summed E-state index contributed by atoms with van der Waals surface area (Å²) in [4.78, 5) is 32.1. The fraction of sp³-hybridized carbons (Fsp3) is 0.294. The van der Waals surface area contributed by atoms with E-state index in [9.17, 15) is 23.1 Å². The molecule has 4 heterocycles. The highest BCUT2D eigenvalue weighted by molar-refractivity contribution is 7.13. The van der Waals surface area contributed by atoms with Crippen molar-refractivity contribution in [2.24, 2.45) is 7.05 Å². The fourth-order valence-electron chi connectivity index (χ4n) is 6.32. The highest BCUT2D eigenvalue weighted by atomic mass is 32.1. The van der Waals surface area contributed by atoms with Crippen LogP contribution in [0.5, 0.6) is 5.75 Å². The van der Waals surface area contributed by atoms with Crippen LogP contribution in [0, 0.1) is 0 Å². The summed E-state index contributed by atoms with van der Waals surface area (Å²) in [6.45, 7) is 0. The summed E-state index contributed by atoms with van der Waals surface area (Å²) in [6.07, 6.45) is 6.72. The second-order valence-corrected chi connectivity index (χ2v) is 12.8. The Morgan fingerprint density at radius 2 is 1.84 bits per heavy atom. The molecule has 11 nitrogen and oxygen atoms in total. The number of rotatable bonds is 7. The molecule has 1 aliphatic carbocycles. The van der Waals surface area contributed by atoms with Crippen LogP contribution >= 0.6 is 11.3 Å². The van der Waals surface area contributed by atoms with Crippen LogP contribution in [0.1, 0.15) is 65.8 Å². The van der Waals surface area contributed by atoms with Crippen molar-refractivity contribution < 1.29 is 37.4 Å². The number of hydrogen-bond donors (Lipinski definition) is 4. The number of fused-ring (bicyclic) bond motifs is 2. The number of aliphatic carboxylic acids is 1. The second-order valence-electron chi connectivity index (χ2n) is 11.9. The van der Waals surface area contributed by atoms with Crippen molar-refractivity contribution in [2.45, 2.75) is 56.8 Å². The molecule has 1 fully saturated rings. The summed E-state index contributed by atoms with van der Waals surface area (Å²) >= 11 is 1.35. The molecule has 0 unspecified atom stereocenters. The molecule has 0 radical (unpaired) electrons. The van der Waals surface area contributed by atoms with Crippen LogP contribution < -0.4 is 11.1 Å². The lowest BCUT2D eigenvalue weighted by molar-refractivity contribution is -0.192. The molecule has 1 atom stereocenters. The van der Waals surface area contributed by atoms with E-state index in [1.54, 1.807) is 24.7 Å². The molecule has 1 saturated carbocycles. The Hall–Kier alpha value is -5.31. The van der Waals surface area contributed by atoms with Gasteiger partial charge in [-0.25, -0.2) is 14.8 Å². The minimum absolute atomic E-state index is 0.198. The van der Waals surface area contributed by atoms with Crippen molar-refractivity contribution in [1.29, 1.82) is 0 Å². The summed E-state index contributed by atoms with van der Waals surface area (Å²) in [5, 5.41) is 23.7. The summed E-state index contributed by atoms with van der Waals surface area (Å²) in [5.74, 6) is -1.90. The highest BCUT2D eigenvalue weighted by Crippen LogP contribution is 2.36. The fourth-order valence-corrected chi connectivity index (χ4v) is 6.94. The third-order valence-electron chi connectivity index (χ3n) is 8.60. The van der Waals surface area contributed by atoms with Gasteiger partial charge in [-0.3, -0.25) is 4.79 Å². The van der Waals surface area contributed by atoms with Crippen LogP contribution in [0.2, 0.25) is 0 Å². The van der Waals surface area contributed by atoms with Gasteiger partial charge >= 0.3 is 12.1 Å². The van der Waals surface area contributed by atoms with Crippen LogP contribution in [0.25, 0.3) is 33.3 Å². The predicted octanol–water partition coefficient (Wildman–Crippen LogP) is 7.38. The van der Waals surface area contributed by atoms with E-state index >= 15 is 0 Å². The number of imidazole rings is 1. The van der Waals surface area contributed by atoms with Gasteiger partial charge in [0.2, 0.25) is 0 Å². The number of carboxylic acid groups (broad SMARTS) is 1. The highest BCUT2D eigenvalue weighted by Gasteiger charge is 2.38. The number of hydrogen-bond acceptors (Lipinski definition) is 8. The van der Waals surface area contributed by atoms with Crippen molar-refractivity contribution in [1.82, 2.24) is 24.4 Å². The van der Waals surface area contributed by atoms with E-state index in [0.717, 1.165) is 51.7 Å².